The number of thiophene rings is 2. The van der Waals surface area contributed by atoms with Gasteiger partial charge in [-0.3, -0.25) is 8.61 Å². The van der Waals surface area contributed by atoms with Gasteiger partial charge in [0.1, 0.15) is 23.0 Å². The second kappa shape index (κ2) is 19.1. The molecule has 12 bridgehead atoms. The minimum Gasteiger partial charge on any atom is -0.458 e. The molecule has 0 amide bonds. The SMILES string of the molecule is CSN1c2cc3c(cc2B2c4cc5c(cc4Oc4cc(C67CC8CC(CC(C8)C6)C7)cc1c42)N(SC)c1cc(C24CC6CC(CC(C6)C2)C4)cc2c1B5c1sc4ccccc4c1O2)B1c2sc4ccccc4c2N(c2ccccc2)c2cc(C45CC6CC(CC(C6)C4)C5)cc(c21)N3. The zero-order valence-electron chi connectivity index (χ0n) is 55.2. The highest BCUT2D eigenvalue weighted by Gasteiger charge is 2.58. The molecule has 12 saturated carbocycles. The molecular formula is C84H75B3N4O2S4. The summed E-state index contributed by atoms with van der Waals surface area (Å²) in [6, 6.07) is 56.5. The van der Waals surface area contributed by atoms with E-state index in [0.717, 1.165) is 76.3 Å². The van der Waals surface area contributed by atoms with E-state index in [4.69, 9.17) is 9.47 Å². The van der Waals surface area contributed by atoms with Crippen LogP contribution in [0.4, 0.5) is 51.2 Å². The molecule has 0 radical (unpaired) electrons. The van der Waals surface area contributed by atoms with Crippen molar-refractivity contribution in [1.82, 2.24) is 0 Å². The summed E-state index contributed by atoms with van der Waals surface area (Å²) in [5.41, 5.74) is 26.5. The van der Waals surface area contributed by atoms with E-state index in [-0.39, 0.29) is 36.4 Å². The van der Waals surface area contributed by atoms with Crippen LogP contribution in [0.5, 0.6) is 23.0 Å². The van der Waals surface area contributed by atoms with Crippen molar-refractivity contribution in [3.8, 4) is 23.0 Å². The Balaban J connectivity index is 0.729. The fourth-order valence-corrected chi connectivity index (χ4v) is 30.7. The van der Waals surface area contributed by atoms with Gasteiger partial charge in [-0.15, -0.1) is 22.7 Å². The molecule has 97 heavy (non-hydrogen) atoms. The summed E-state index contributed by atoms with van der Waals surface area (Å²) in [4.78, 5) is 2.71. The highest BCUT2D eigenvalue weighted by atomic mass is 32.2. The Hall–Kier alpha value is -6.63. The zero-order valence-corrected chi connectivity index (χ0v) is 58.5. The van der Waals surface area contributed by atoms with Crippen molar-refractivity contribution in [1.29, 1.82) is 0 Å². The number of nitrogens with zero attached hydrogens (tertiary/aromatic N) is 3. The fraction of sp³-hybridized carbons (Fsp3) is 0.381. The van der Waals surface area contributed by atoms with E-state index < -0.39 is 0 Å². The number of anilines is 9. The lowest BCUT2D eigenvalue weighted by Crippen LogP contribution is -2.65. The number of hydrogen-bond donors (Lipinski definition) is 1. The third kappa shape index (κ3) is 7.27. The van der Waals surface area contributed by atoms with Gasteiger partial charge in [-0.25, -0.2) is 0 Å². The summed E-state index contributed by atoms with van der Waals surface area (Å²) >= 11 is 7.74. The largest absolute Gasteiger partial charge is 0.458 e. The van der Waals surface area contributed by atoms with Crippen molar-refractivity contribution in [2.45, 2.75) is 132 Å². The molecule has 0 spiro atoms. The van der Waals surface area contributed by atoms with Crippen LogP contribution in [-0.4, -0.2) is 32.6 Å². The first-order valence-electron chi connectivity index (χ1n) is 37.3. The van der Waals surface area contributed by atoms with Crippen LogP contribution in [0.1, 0.15) is 132 Å². The van der Waals surface area contributed by atoms with E-state index in [0.29, 0.717) is 0 Å². The van der Waals surface area contributed by atoms with Gasteiger partial charge < -0.3 is 19.7 Å². The van der Waals surface area contributed by atoms with Crippen LogP contribution in [0.2, 0.25) is 0 Å². The average molecular weight is 1330 g/mol. The van der Waals surface area contributed by atoms with Gasteiger partial charge in [0.2, 0.25) is 0 Å². The van der Waals surface area contributed by atoms with Crippen molar-refractivity contribution in [3.05, 3.63) is 156 Å². The van der Waals surface area contributed by atoms with Crippen molar-refractivity contribution in [3.63, 3.8) is 0 Å². The first-order chi connectivity index (χ1) is 47.7. The smallest absolute Gasteiger partial charge is 0.268 e. The minimum absolute atomic E-state index is 0.00231. The number of ether oxygens (including phenoxy) is 2. The first-order valence-corrected chi connectivity index (χ1v) is 41.3. The maximum atomic E-state index is 7.94. The third-order valence-electron chi connectivity index (χ3n) is 28.9. The maximum Gasteiger partial charge on any atom is 0.268 e. The van der Waals surface area contributed by atoms with Crippen LogP contribution in [-0.2, 0) is 16.2 Å². The molecule has 10 aromatic rings. The Morgan fingerprint density at radius 3 is 1.45 bits per heavy atom. The number of benzene rings is 8. The molecular weight excluding hydrogens is 1260 g/mol. The number of fused-ring (bicyclic) bond motifs is 16. The van der Waals surface area contributed by atoms with E-state index in [9.17, 15) is 0 Å². The number of para-hydroxylation sites is 1. The van der Waals surface area contributed by atoms with E-state index in [1.165, 1.54) is 246 Å². The molecule has 0 unspecified atom stereocenters. The number of hydrogen-bond acceptors (Lipinski definition) is 10. The topological polar surface area (TPSA) is 40.2 Å². The molecule has 476 valence electrons. The van der Waals surface area contributed by atoms with Crippen LogP contribution >= 0.6 is 46.6 Å². The molecule has 1 N–H and O–H groups in total. The zero-order chi connectivity index (χ0) is 62.8. The molecule has 8 heterocycles. The monoisotopic (exact) mass is 1330 g/mol. The number of rotatable bonds is 6. The highest BCUT2D eigenvalue weighted by molar-refractivity contribution is 8.00. The Bertz CT molecular complexity index is 5130. The summed E-state index contributed by atoms with van der Waals surface area (Å²) in [5.74, 6) is 11.8. The molecule has 8 aromatic carbocycles. The molecule has 6 aliphatic heterocycles. The lowest BCUT2D eigenvalue weighted by molar-refractivity contribution is -0.00533. The molecule has 0 atom stereocenters. The fourth-order valence-electron chi connectivity index (χ4n) is 26.7. The third-order valence-corrected chi connectivity index (χ3v) is 32.9. The van der Waals surface area contributed by atoms with Gasteiger partial charge >= 0.3 is 0 Å². The Morgan fingerprint density at radius 1 is 0.402 bits per heavy atom. The normalized spacial score (nSPS) is 30.9. The van der Waals surface area contributed by atoms with Crippen LogP contribution in [0.25, 0.3) is 20.2 Å². The Kier molecular flexibility index (Phi) is 10.8. The van der Waals surface area contributed by atoms with Crippen LogP contribution in [0, 0.1) is 53.3 Å². The summed E-state index contributed by atoms with van der Waals surface area (Å²) in [6.45, 7) is -0.0590. The molecule has 13 heteroatoms. The van der Waals surface area contributed by atoms with Crippen LogP contribution < -0.4 is 76.1 Å². The molecule has 18 aliphatic rings. The van der Waals surface area contributed by atoms with Gasteiger partial charge in [0.15, 0.2) is 0 Å². The van der Waals surface area contributed by atoms with E-state index in [1.807, 2.05) is 46.6 Å². The van der Waals surface area contributed by atoms with E-state index >= 15 is 0 Å². The molecule has 2 aromatic heterocycles. The number of nitrogens with one attached hydrogen (secondary N) is 1. The first kappa shape index (κ1) is 55.2. The minimum atomic E-state index is -0.0810. The maximum absolute atomic E-state index is 7.94. The van der Waals surface area contributed by atoms with Gasteiger partial charge in [-0.05, 0) is 337 Å². The second-order valence-electron chi connectivity index (χ2n) is 34.2. The molecule has 6 nitrogen and oxygen atoms in total. The highest BCUT2D eigenvalue weighted by Crippen LogP contribution is 2.66. The predicted molar refractivity (Wildman–Crippen MR) is 412 cm³/mol. The molecule has 0 saturated heterocycles. The predicted octanol–water partition coefficient (Wildman–Crippen LogP) is 16.6. The summed E-state index contributed by atoms with van der Waals surface area (Å²) in [5, 5.41) is 7.02. The average Bonchev–Trinajstić information content (AvgIpc) is 1.60. The van der Waals surface area contributed by atoms with Crippen LogP contribution in [0.15, 0.2) is 140 Å². The van der Waals surface area contributed by atoms with E-state index in [2.05, 4.69) is 171 Å². The molecule has 28 rings (SSSR count). The quantitative estimate of drug-likeness (QED) is 0.130. The summed E-state index contributed by atoms with van der Waals surface area (Å²) in [7, 11) is 0. The lowest BCUT2D eigenvalue weighted by Gasteiger charge is -2.57. The van der Waals surface area contributed by atoms with Gasteiger partial charge in [-0.2, -0.15) is 0 Å². The van der Waals surface area contributed by atoms with Gasteiger partial charge in [0.05, 0.1) is 22.7 Å². The Labute approximate surface area is 586 Å². The van der Waals surface area contributed by atoms with E-state index in [1.54, 1.807) is 5.56 Å². The van der Waals surface area contributed by atoms with Crippen molar-refractivity contribution in [2.75, 3.05) is 31.3 Å². The summed E-state index contributed by atoms with van der Waals surface area (Å²) in [6.07, 6.45) is 29.4. The van der Waals surface area contributed by atoms with Gasteiger partial charge in [0, 0.05) is 76.7 Å². The van der Waals surface area contributed by atoms with Crippen molar-refractivity contribution < 1.29 is 9.47 Å². The second-order valence-corrected chi connectivity index (χ2v) is 37.8. The Morgan fingerprint density at radius 2 is 0.866 bits per heavy atom. The molecule has 12 aliphatic carbocycles. The standard InChI is InChI=1S/C84H75B3N4O2S4/c1-94-90-65-33-63-59(86-75-64(88-63)25-53(82-35-44-16-45(36-82)18-46(17-44)37-82)26-67(75)89(56-10-4-3-5-11-56)78-57-12-6-8-14-73(57)96-80(78)86)31-60(65)85-62-32-61-66(34-70(62)92-71-29-54(27-68(90)76(71)85)83-38-47-19-48(39-83)21-49(20-47)40-83)91(95-2)69-28-55(84-41-50-22-51(42-84)24-52(23-50)43-84)30-72-77(69)87(61)81-79(93-72)58-13-7-9-15-74(58)97-81/h3-15,25-34,44-52,88H,16-24,35-43H2,1-2H3. The molecule has 12 fully saturated rings. The van der Waals surface area contributed by atoms with Gasteiger partial charge in [-0.1, -0.05) is 60.7 Å². The van der Waals surface area contributed by atoms with Crippen molar-refractivity contribution >= 4 is 186 Å². The van der Waals surface area contributed by atoms with Gasteiger partial charge in [0.25, 0.3) is 20.1 Å². The van der Waals surface area contributed by atoms with Crippen molar-refractivity contribution in [2.24, 2.45) is 53.3 Å². The summed E-state index contributed by atoms with van der Waals surface area (Å²) < 4.78 is 26.2. The van der Waals surface area contributed by atoms with Crippen LogP contribution in [0.3, 0.4) is 0 Å². The lowest BCUT2D eigenvalue weighted by atomic mass is 9.30.